The van der Waals surface area contributed by atoms with Crippen LogP contribution in [0.3, 0.4) is 0 Å². The molecule has 0 spiro atoms. The fourth-order valence-electron chi connectivity index (χ4n) is 3.07. The van der Waals surface area contributed by atoms with Gasteiger partial charge in [-0.15, -0.1) is 0 Å². The maximum Gasteiger partial charge on any atom is 0.257 e. The molecule has 0 saturated heterocycles. The smallest absolute Gasteiger partial charge is 0.257 e. The van der Waals surface area contributed by atoms with Crippen LogP contribution < -0.4 is 5.32 Å². The van der Waals surface area contributed by atoms with Crippen LogP contribution in [0.4, 0.5) is 5.69 Å². The van der Waals surface area contributed by atoms with Crippen molar-refractivity contribution in [2.45, 2.75) is 13.8 Å². The van der Waals surface area contributed by atoms with Crippen LogP contribution in [-0.4, -0.2) is 10.9 Å². The van der Waals surface area contributed by atoms with Crippen LogP contribution in [0.2, 0.25) is 10.0 Å². The van der Waals surface area contributed by atoms with E-state index in [1.807, 2.05) is 32.0 Å². The van der Waals surface area contributed by atoms with Crippen LogP contribution in [0.15, 0.2) is 59.0 Å². The molecule has 0 bridgehead atoms. The Kier molecular flexibility index (Phi) is 4.84. The summed E-state index contributed by atoms with van der Waals surface area (Å²) < 4.78 is 5.93. The first-order valence-corrected chi connectivity index (χ1v) is 9.41. The molecular weight excluding hydrogens is 395 g/mol. The van der Waals surface area contributed by atoms with Gasteiger partial charge in [-0.25, -0.2) is 4.98 Å². The molecule has 28 heavy (non-hydrogen) atoms. The first-order valence-electron chi connectivity index (χ1n) is 8.66. The Balaban J connectivity index is 1.58. The van der Waals surface area contributed by atoms with Crippen LogP contribution in [0.1, 0.15) is 21.5 Å². The van der Waals surface area contributed by atoms with Crippen molar-refractivity contribution in [1.82, 2.24) is 4.98 Å². The standard InChI is InChI=1S/C22H16Cl2N2O2/c1-12-10-13(2)20-18(11-12)26-22(28-20)14-6-8-15(9-7-14)25-21(27)16-4-3-5-17(23)19(16)24/h3-11H,1-2H3,(H,25,27). The number of carbonyl (C=O) groups excluding carboxylic acids is 1. The van der Waals surface area contributed by atoms with Crippen molar-refractivity contribution in [2.75, 3.05) is 5.32 Å². The Bertz CT molecular complexity index is 1200. The number of nitrogens with zero attached hydrogens (tertiary/aromatic N) is 1. The summed E-state index contributed by atoms with van der Waals surface area (Å²) in [7, 11) is 0. The van der Waals surface area contributed by atoms with Crippen LogP contribution in [0.25, 0.3) is 22.6 Å². The number of anilines is 1. The van der Waals surface area contributed by atoms with Gasteiger partial charge in [-0.2, -0.15) is 0 Å². The van der Waals surface area contributed by atoms with Crippen molar-refractivity contribution in [3.8, 4) is 11.5 Å². The largest absolute Gasteiger partial charge is 0.436 e. The third-order valence-electron chi connectivity index (χ3n) is 4.41. The average Bonchev–Trinajstić information content (AvgIpc) is 3.09. The van der Waals surface area contributed by atoms with E-state index in [1.54, 1.807) is 30.3 Å². The molecule has 0 unspecified atom stereocenters. The summed E-state index contributed by atoms with van der Waals surface area (Å²) >= 11 is 12.1. The molecule has 0 atom stereocenters. The van der Waals surface area contributed by atoms with Crippen molar-refractivity contribution in [2.24, 2.45) is 0 Å². The van der Waals surface area contributed by atoms with Crippen LogP contribution in [0, 0.1) is 13.8 Å². The highest BCUT2D eigenvalue weighted by molar-refractivity contribution is 6.44. The van der Waals surface area contributed by atoms with Gasteiger partial charge in [0.15, 0.2) is 5.58 Å². The van der Waals surface area contributed by atoms with E-state index in [9.17, 15) is 4.79 Å². The van der Waals surface area contributed by atoms with Crippen molar-refractivity contribution < 1.29 is 9.21 Å². The van der Waals surface area contributed by atoms with Gasteiger partial charge >= 0.3 is 0 Å². The van der Waals surface area contributed by atoms with Crippen molar-refractivity contribution in [1.29, 1.82) is 0 Å². The van der Waals surface area contributed by atoms with Gasteiger partial charge in [-0.05, 0) is 67.4 Å². The van der Waals surface area contributed by atoms with Gasteiger partial charge in [0.2, 0.25) is 5.89 Å². The van der Waals surface area contributed by atoms with Crippen molar-refractivity contribution >= 4 is 45.9 Å². The molecule has 1 amide bonds. The van der Waals surface area contributed by atoms with Crippen molar-refractivity contribution in [3.05, 3.63) is 81.3 Å². The second-order valence-corrected chi connectivity index (χ2v) is 7.37. The number of nitrogens with one attached hydrogen (secondary N) is 1. The Morgan fingerprint density at radius 2 is 1.79 bits per heavy atom. The monoisotopic (exact) mass is 410 g/mol. The molecule has 0 saturated carbocycles. The molecule has 0 radical (unpaired) electrons. The Morgan fingerprint density at radius 1 is 1.04 bits per heavy atom. The molecule has 3 aromatic carbocycles. The Labute approximate surface area is 172 Å². The molecule has 4 nitrogen and oxygen atoms in total. The zero-order valence-corrected chi connectivity index (χ0v) is 16.7. The fourth-order valence-corrected chi connectivity index (χ4v) is 3.46. The lowest BCUT2D eigenvalue weighted by molar-refractivity contribution is 0.102. The number of halogens is 2. The number of benzene rings is 3. The molecule has 140 valence electrons. The van der Waals surface area contributed by atoms with E-state index in [2.05, 4.69) is 16.4 Å². The van der Waals surface area contributed by atoms with Crippen molar-refractivity contribution in [3.63, 3.8) is 0 Å². The van der Waals surface area contributed by atoms with E-state index >= 15 is 0 Å². The van der Waals surface area contributed by atoms with Gasteiger partial charge in [-0.1, -0.05) is 35.3 Å². The predicted molar refractivity (Wildman–Crippen MR) is 113 cm³/mol. The molecule has 0 aliphatic carbocycles. The van der Waals surface area contributed by atoms with Gasteiger partial charge in [0.05, 0.1) is 15.6 Å². The van der Waals surface area contributed by atoms with Gasteiger partial charge < -0.3 is 9.73 Å². The van der Waals surface area contributed by atoms with Gasteiger partial charge in [0.1, 0.15) is 5.52 Å². The topological polar surface area (TPSA) is 55.1 Å². The summed E-state index contributed by atoms with van der Waals surface area (Å²) in [5.41, 5.74) is 5.59. The summed E-state index contributed by atoms with van der Waals surface area (Å²) in [6.45, 7) is 4.04. The summed E-state index contributed by atoms with van der Waals surface area (Å²) in [5.74, 6) is 0.215. The zero-order chi connectivity index (χ0) is 19.8. The lowest BCUT2D eigenvalue weighted by Gasteiger charge is -2.08. The van der Waals surface area contributed by atoms with Gasteiger partial charge in [0, 0.05) is 11.3 Å². The van der Waals surface area contributed by atoms with E-state index in [1.165, 1.54) is 0 Å². The van der Waals surface area contributed by atoms with E-state index in [-0.39, 0.29) is 10.9 Å². The maximum atomic E-state index is 12.4. The molecule has 0 aliphatic rings. The summed E-state index contributed by atoms with van der Waals surface area (Å²) in [6.07, 6.45) is 0. The number of rotatable bonds is 3. The molecule has 1 aromatic heterocycles. The second kappa shape index (κ2) is 7.30. The average molecular weight is 411 g/mol. The molecule has 1 heterocycles. The normalized spacial score (nSPS) is 11.0. The van der Waals surface area contributed by atoms with E-state index in [0.29, 0.717) is 22.2 Å². The first kappa shape index (κ1) is 18.5. The minimum atomic E-state index is -0.326. The number of fused-ring (bicyclic) bond motifs is 1. The molecule has 4 aromatic rings. The number of aromatic nitrogens is 1. The quantitative estimate of drug-likeness (QED) is 0.410. The highest BCUT2D eigenvalue weighted by atomic mass is 35.5. The minimum absolute atomic E-state index is 0.232. The summed E-state index contributed by atoms with van der Waals surface area (Å²) in [5, 5.41) is 3.39. The van der Waals surface area contributed by atoms with Crippen LogP contribution in [0.5, 0.6) is 0 Å². The van der Waals surface area contributed by atoms with Crippen LogP contribution in [-0.2, 0) is 0 Å². The van der Waals surface area contributed by atoms with Gasteiger partial charge in [0.25, 0.3) is 5.91 Å². The lowest BCUT2D eigenvalue weighted by Crippen LogP contribution is -2.12. The lowest BCUT2D eigenvalue weighted by atomic mass is 10.1. The number of amides is 1. The summed E-state index contributed by atoms with van der Waals surface area (Å²) in [6, 6.07) is 16.3. The molecule has 6 heteroatoms. The Hall–Kier alpha value is -2.82. The maximum absolute atomic E-state index is 12.4. The third kappa shape index (κ3) is 3.49. The molecule has 4 rings (SSSR count). The third-order valence-corrected chi connectivity index (χ3v) is 5.22. The number of aryl methyl sites for hydroxylation is 2. The van der Waals surface area contributed by atoms with Crippen LogP contribution >= 0.6 is 23.2 Å². The van der Waals surface area contributed by atoms with E-state index < -0.39 is 0 Å². The minimum Gasteiger partial charge on any atom is -0.436 e. The number of oxazole rings is 1. The Morgan fingerprint density at radius 3 is 2.54 bits per heavy atom. The van der Waals surface area contributed by atoms with Gasteiger partial charge in [-0.3, -0.25) is 4.79 Å². The number of carbonyl (C=O) groups is 1. The fraction of sp³-hybridized carbons (Fsp3) is 0.0909. The molecular formula is C22H16Cl2N2O2. The predicted octanol–water partition coefficient (Wildman–Crippen LogP) is 6.67. The first-order chi connectivity index (χ1) is 13.4. The number of hydrogen-bond donors (Lipinski definition) is 1. The molecule has 0 fully saturated rings. The highest BCUT2D eigenvalue weighted by Crippen LogP contribution is 2.29. The highest BCUT2D eigenvalue weighted by Gasteiger charge is 2.14. The number of hydrogen-bond acceptors (Lipinski definition) is 3. The zero-order valence-electron chi connectivity index (χ0n) is 15.2. The van der Waals surface area contributed by atoms with E-state index in [4.69, 9.17) is 27.6 Å². The molecule has 0 aliphatic heterocycles. The summed E-state index contributed by atoms with van der Waals surface area (Å²) in [4.78, 5) is 17.0. The SMILES string of the molecule is Cc1cc(C)c2oc(-c3ccc(NC(=O)c4cccc(Cl)c4Cl)cc3)nc2c1. The second-order valence-electron chi connectivity index (χ2n) is 6.58. The van der Waals surface area contributed by atoms with E-state index in [0.717, 1.165) is 27.8 Å². The molecule has 1 N–H and O–H groups in total.